The van der Waals surface area contributed by atoms with Gasteiger partial charge in [0.05, 0.1) is 5.69 Å². The van der Waals surface area contributed by atoms with Crippen LogP contribution in [0.1, 0.15) is 5.69 Å². The van der Waals surface area contributed by atoms with Crippen molar-refractivity contribution in [3.05, 3.63) is 21.3 Å². The van der Waals surface area contributed by atoms with E-state index in [1.165, 1.54) is 6.07 Å². The molecule has 0 aromatic carbocycles. The van der Waals surface area contributed by atoms with Gasteiger partial charge in [-0.2, -0.15) is 0 Å². The fourth-order valence-electron chi connectivity index (χ4n) is 0.810. The summed E-state index contributed by atoms with van der Waals surface area (Å²) in [4.78, 5) is 3.53. The van der Waals surface area contributed by atoms with Gasteiger partial charge in [0, 0.05) is 11.0 Å². The number of nitrogens with two attached hydrogens (primary N) is 1. The Kier molecular flexibility index (Phi) is 3.80. The smallest absolute Gasteiger partial charge is 0.386 e. The molecule has 0 aliphatic carbocycles. The molecule has 1 rings (SSSR count). The topological polar surface area (TPSA) is 48.1 Å². The number of nitrogens with zero attached hydrogens (tertiary/aromatic N) is 1. The standard InChI is InChI=1S/C7H5BrClF3N2O/c8-3-1-4(9)6(14-5(3)2-13)15-7(10,11)12/h1H,2,13H2. The Morgan fingerprint density at radius 1 is 1.53 bits per heavy atom. The molecule has 0 aliphatic rings. The van der Waals surface area contributed by atoms with Gasteiger partial charge in [-0.3, -0.25) is 0 Å². The number of halogens is 5. The third kappa shape index (κ3) is 3.51. The van der Waals surface area contributed by atoms with Crippen molar-refractivity contribution in [3.63, 3.8) is 0 Å². The van der Waals surface area contributed by atoms with Crippen molar-refractivity contribution in [2.24, 2.45) is 5.73 Å². The first kappa shape index (κ1) is 12.5. The molecule has 0 spiro atoms. The van der Waals surface area contributed by atoms with Gasteiger partial charge in [-0.25, -0.2) is 4.98 Å². The minimum Gasteiger partial charge on any atom is -0.386 e. The molecule has 8 heteroatoms. The average molecular weight is 305 g/mol. The monoisotopic (exact) mass is 304 g/mol. The van der Waals surface area contributed by atoms with E-state index >= 15 is 0 Å². The van der Waals surface area contributed by atoms with E-state index in [-0.39, 0.29) is 17.3 Å². The first-order valence-electron chi connectivity index (χ1n) is 3.64. The van der Waals surface area contributed by atoms with Gasteiger partial charge in [0.2, 0.25) is 5.88 Å². The first-order chi connectivity index (χ1) is 6.83. The van der Waals surface area contributed by atoms with Gasteiger partial charge in [-0.05, 0) is 22.0 Å². The molecule has 0 atom stereocenters. The maximum Gasteiger partial charge on any atom is 0.574 e. The van der Waals surface area contributed by atoms with Gasteiger partial charge >= 0.3 is 6.36 Å². The van der Waals surface area contributed by atoms with Crippen molar-refractivity contribution in [2.45, 2.75) is 12.9 Å². The Hall–Kier alpha value is -0.530. The lowest BCUT2D eigenvalue weighted by molar-refractivity contribution is -0.276. The molecule has 0 bridgehead atoms. The summed E-state index contributed by atoms with van der Waals surface area (Å²) in [5, 5.41) is -0.239. The predicted molar refractivity (Wildman–Crippen MR) is 51.5 cm³/mol. The zero-order valence-electron chi connectivity index (χ0n) is 7.11. The third-order valence-corrected chi connectivity index (χ3v) is 2.33. The van der Waals surface area contributed by atoms with Crippen molar-refractivity contribution < 1.29 is 17.9 Å². The second-order valence-electron chi connectivity index (χ2n) is 2.46. The average Bonchev–Trinajstić information content (AvgIpc) is 2.07. The number of aromatic nitrogens is 1. The SMILES string of the molecule is NCc1nc(OC(F)(F)F)c(Cl)cc1Br. The van der Waals surface area contributed by atoms with Crippen LogP contribution in [0.15, 0.2) is 10.5 Å². The second-order valence-corrected chi connectivity index (χ2v) is 3.72. The van der Waals surface area contributed by atoms with Crippen LogP contribution in [-0.4, -0.2) is 11.3 Å². The van der Waals surface area contributed by atoms with Crippen molar-refractivity contribution in [1.29, 1.82) is 0 Å². The van der Waals surface area contributed by atoms with Crippen LogP contribution in [0.25, 0.3) is 0 Å². The molecule has 0 saturated carbocycles. The van der Waals surface area contributed by atoms with Crippen LogP contribution in [0.2, 0.25) is 5.02 Å². The maximum absolute atomic E-state index is 11.9. The zero-order valence-corrected chi connectivity index (χ0v) is 9.45. The van der Waals surface area contributed by atoms with E-state index in [0.29, 0.717) is 4.47 Å². The summed E-state index contributed by atoms with van der Waals surface area (Å²) in [6.07, 6.45) is -4.82. The summed E-state index contributed by atoms with van der Waals surface area (Å²) in [7, 11) is 0. The van der Waals surface area contributed by atoms with E-state index in [9.17, 15) is 13.2 Å². The molecule has 0 saturated heterocycles. The molecule has 0 amide bonds. The van der Waals surface area contributed by atoms with Crippen molar-refractivity contribution >= 4 is 27.5 Å². The van der Waals surface area contributed by atoms with Crippen LogP contribution in [0.5, 0.6) is 5.88 Å². The van der Waals surface area contributed by atoms with Crippen LogP contribution in [0, 0.1) is 0 Å². The summed E-state index contributed by atoms with van der Waals surface area (Å²) in [6, 6.07) is 1.25. The molecule has 3 nitrogen and oxygen atoms in total. The summed E-state index contributed by atoms with van der Waals surface area (Å²) in [6.45, 7) is -0.0219. The highest BCUT2D eigenvalue weighted by atomic mass is 79.9. The predicted octanol–water partition coefficient (Wildman–Crippen LogP) is 2.85. The highest BCUT2D eigenvalue weighted by Crippen LogP contribution is 2.31. The molecule has 2 N–H and O–H groups in total. The van der Waals surface area contributed by atoms with Gasteiger partial charge in [-0.15, -0.1) is 13.2 Å². The summed E-state index contributed by atoms with van der Waals surface area (Å²) in [5.41, 5.74) is 5.50. The maximum atomic E-state index is 11.9. The Labute approximate surface area is 96.5 Å². The van der Waals surface area contributed by atoms with Gasteiger partial charge in [0.15, 0.2) is 0 Å². The number of alkyl halides is 3. The molecule has 0 fully saturated rings. The van der Waals surface area contributed by atoms with Crippen LogP contribution in [0.4, 0.5) is 13.2 Å². The number of ether oxygens (including phenoxy) is 1. The quantitative estimate of drug-likeness (QED) is 0.914. The molecule has 0 unspecified atom stereocenters. The van der Waals surface area contributed by atoms with Crippen LogP contribution < -0.4 is 10.5 Å². The van der Waals surface area contributed by atoms with Crippen molar-refractivity contribution in [1.82, 2.24) is 4.98 Å². The fraction of sp³-hybridized carbons (Fsp3) is 0.286. The van der Waals surface area contributed by atoms with Gasteiger partial charge < -0.3 is 10.5 Å². The molecule has 0 aliphatic heterocycles. The number of rotatable bonds is 2. The van der Waals surface area contributed by atoms with Gasteiger partial charge in [0.25, 0.3) is 0 Å². The summed E-state index contributed by atoms with van der Waals surface area (Å²) >= 11 is 8.56. The van der Waals surface area contributed by atoms with E-state index in [1.807, 2.05) is 0 Å². The number of pyridine rings is 1. The second kappa shape index (κ2) is 4.54. The lowest BCUT2D eigenvalue weighted by atomic mass is 10.3. The van der Waals surface area contributed by atoms with Gasteiger partial charge in [-0.1, -0.05) is 11.6 Å². The minimum absolute atomic E-state index is 0.0219. The fourth-order valence-corrected chi connectivity index (χ4v) is 1.61. The number of hydrogen-bond donors (Lipinski definition) is 1. The number of hydrogen-bond acceptors (Lipinski definition) is 3. The Balaban J connectivity index is 3.08. The zero-order chi connectivity index (χ0) is 11.6. The van der Waals surface area contributed by atoms with E-state index in [1.54, 1.807) is 0 Å². The van der Waals surface area contributed by atoms with E-state index in [4.69, 9.17) is 17.3 Å². The van der Waals surface area contributed by atoms with Crippen LogP contribution in [-0.2, 0) is 6.54 Å². The Morgan fingerprint density at radius 3 is 2.60 bits per heavy atom. The highest BCUT2D eigenvalue weighted by Gasteiger charge is 2.33. The largest absolute Gasteiger partial charge is 0.574 e. The molecule has 1 aromatic rings. The lowest BCUT2D eigenvalue weighted by Gasteiger charge is -2.11. The summed E-state index contributed by atoms with van der Waals surface area (Å²) < 4.78 is 39.7. The minimum atomic E-state index is -4.82. The van der Waals surface area contributed by atoms with E-state index < -0.39 is 12.2 Å². The van der Waals surface area contributed by atoms with Crippen molar-refractivity contribution in [2.75, 3.05) is 0 Å². The molecule has 1 heterocycles. The van der Waals surface area contributed by atoms with Crippen LogP contribution >= 0.6 is 27.5 Å². The highest BCUT2D eigenvalue weighted by molar-refractivity contribution is 9.10. The summed E-state index contributed by atoms with van der Waals surface area (Å²) in [5.74, 6) is -0.701. The van der Waals surface area contributed by atoms with Gasteiger partial charge in [0.1, 0.15) is 5.02 Å². The third-order valence-electron chi connectivity index (χ3n) is 1.38. The lowest BCUT2D eigenvalue weighted by Crippen LogP contribution is -2.19. The molecule has 1 aromatic heterocycles. The molecule has 0 radical (unpaired) electrons. The molecule has 84 valence electrons. The normalized spacial score (nSPS) is 11.6. The molecular weight excluding hydrogens is 300 g/mol. The van der Waals surface area contributed by atoms with E-state index in [0.717, 1.165) is 0 Å². The molecular formula is C7H5BrClF3N2O. The Bertz CT molecular complexity index is 372. The van der Waals surface area contributed by atoms with Crippen molar-refractivity contribution in [3.8, 4) is 5.88 Å². The van der Waals surface area contributed by atoms with Crippen LogP contribution in [0.3, 0.4) is 0 Å². The first-order valence-corrected chi connectivity index (χ1v) is 4.81. The van der Waals surface area contributed by atoms with E-state index in [2.05, 4.69) is 25.7 Å². The molecule has 15 heavy (non-hydrogen) atoms. The Morgan fingerprint density at radius 2 is 2.13 bits per heavy atom.